The number of hydrogen-bond acceptors (Lipinski definition) is 4. The Morgan fingerprint density at radius 2 is 2.00 bits per heavy atom. The van der Waals surface area contributed by atoms with Gasteiger partial charge in [-0.2, -0.15) is 5.26 Å². The van der Waals surface area contributed by atoms with Gasteiger partial charge in [0, 0.05) is 0 Å². The van der Waals surface area contributed by atoms with Crippen molar-refractivity contribution < 1.29 is 14.3 Å². The number of carbonyl (C=O) groups is 1. The molecule has 1 aromatic rings. The smallest absolute Gasteiger partial charge is 0.344 e. The van der Waals surface area contributed by atoms with Gasteiger partial charge >= 0.3 is 5.97 Å². The quantitative estimate of drug-likeness (QED) is 0.751. The number of benzene rings is 1. The van der Waals surface area contributed by atoms with Crippen molar-refractivity contribution in [2.45, 2.75) is 26.4 Å². The molecule has 17 heavy (non-hydrogen) atoms. The summed E-state index contributed by atoms with van der Waals surface area (Å²) >= 11 is 0. The molecule has 0 aliphatic carbocycles. The Kier molecular flexibility index (Phi) is 4.11. The molecule has 0 amide bonds. The molecule has 1 rings (SSSR count). The Morgan fingerprint density at radius 1 is 1.35 bits per heavy atom. The Bertz CT molecular complexity index is 441. The first-order valence-corrected chi connectivity index (χ1v) is 5.26. The third-order valence-corrected chi connectivity index (χ3v) is 1.77. The second-order valence-corrected chi connectivity index (χ2v) is 4.48. The highest BCUT2D eigenvalue weighted by molar-refractivity contribution is 5.71. The van der Waals surface area contributed by atoms with E-state index in [0.717, 1.165) is 0 Å². The van der Waals surface area contributed by atoms with E-state index in [-0.39, 0.29) is 6.61 Å². The van der Waals surface area contributed by atoms with E-state index in [0.29, 0.717) is 11.3 Å². The normalized spacial score (nSPS) is 10.5. The summed E-state index contributed by atoms with van der Waals surface area (Å²) in [6, 6.07) is 8.74. The van der Waals surface area contributed by atoms with Crippen molar-refractivity contribution in [1.29, 1.82) is 5.26 Å². The van der Waals surface area contributed by atoms with E-state index in [1.54, 1.807) is 45.0 Å². The van der Waals surface area contributed by atoms with Crippen LogP contribution in [-0.4, -0.2) is 18.2 Å². The zero-order chi connectivity index (χ0) is 12.9. The monoisotopic (exact) mass is 233 g/mol. The van der Waals surface area contributed by atoms with Crippen LogP contribution in [0.15, 0.2) is 24.3 Å². The summed E-state index contributed by atoms with van der Waals surface area (Å²) in [5.74, 6) is -0.0638. The molecule has 0 aliphatic heterocycles. The van der Waals surface area contributed by atoms with Crippen LogP contribution >= 0.6 is 0 Å². The molecule has 4 nitrogen and oxygen atoms in total. The number of nitriles is 1. The first kappa shape index (κ1) is 13.0. The summed E-state index contributed by atoms with van der Waals surface area (Å²) in [6.07, 6.45) is 0. The summed E-state index contributed by atoms with van der Waals surface area (Å²) in [7, 11) is 0. The van der Waals surface area contributed by atoms with Gasteiger partial charge in [0.2, 0.25) is 0 Å². The molecule has 0 atom stereocenters. The molecule has 0 aliphatic rings. The largest absolute Gasteiger partial charge is 0.481 e. The lowest BCUT2D eigenvalue weighted by molar-refractivity contribution is -0.157. The summed E-state index contributed by atoms with van der Waals surface area (Å²) < 4.78 is 10.3. The molecule has 0 N–H and O–H groups in total. The second-order valence-electron chi connectivity index (χ2n) is 4.48. The highest BCUT2D eigenvalue weighted by Crippen LogP contribution is 2.16. The fourth-order valence-electron chi connectivity index (χ4n) is 1.19. The van der Waals surface area contributed by atoms with Crippen LogP contribution < -0.4 is 4.74 Å². The van der Waals surface area contributed by atoms with Crippen molar-refractivity contribution in [1.82, 2.24) is 0 Å². The van der Waals surface area contributed by atoms with Gasteiger partial charge in [-0.3, -0.25) is 0 Å². The Morgan fingerprint density at radius 3 is 2.59 bits per heavy atom. The maximum Gasteiger partial charge on any atom is 0.344 e. The number of nitrogens with zero attached hydrogens (tertiary/aromatic N) is 1. The number of carbonyl (C=O) groups excluding carboxylic acids is 1. The zero-order valence-electron chi connectivity index (χ0n) is 10.2. The lowest BCUT2D eigenvalue weighted by Crippen LogP contribution is -2.27. The molecule has 1 aromatic carbocycles. The van der Waals surface area contributed by atoms with Crippen LogP contribution in [0.3, 0.4) is 0 Å². The van der Waals surface area contributed by atoms with Gasteiger partial charge in [-0.25, -0.2) is 4.79 Å². The minimum Gasteiger partial charge on any atom is -0.481 e. The molecule has 0 heterocycles. The van der Waals surface area contributed by atoms with Crippen molar-refractivity contribution in [3.8, 4) is 11.8 Å². The van der Waals surface area contributed by atoms with E-state index in [4.69, 9.17) is 14.7 Å². The highest BCUT2D eigenvalue weighted by Gasteiger charge is 2.16. The Balaban J connectivity index is 2.57. The summed E-state index contributed by atoms with van der Waals surface area (Å²) in [5, 5.41) is 8.82. The standard InChI is InChI=1S/C13H15NO3/c1-13(2,3)17-12(15)9-16-11-7-5-4-6-10(11)8-14/h4-7H,9H2,1-3H3. The van der Waals surface area contributed by atoms with Gasteiger partial charge in [0.1, 0.15) is 17.4 Å². The fourth-order valence-corrected chi connectivity index (χ4v) is 1.19. The minimum atomic E-state index is -0.533. The van der Waals surface area contributed by atoms with Crippen LogP contribution in [0, 0.1) is 11.3 Å². The number of ether oxygens (including phenoxy) is 2. The van der Waals surface area contributed by atoms with Crippen LogP contribution in [0.2, 0.25) is 0 Å². The molecule has 0 saturated carbocycles. The molecule has 90 valence electrons. The number of rotatable bonds is 3. The van der Waals surface area contributed by atoms with Crippen molar-refractivity contribution in [2.24, 2.45) is 0 Å². The van der Waals surface area contributed by atoms with E-state index >= 15 is 0 Å². The number of hydrogen-bond donors (Lipinski definition) is 0. The predicted molar refractivity (Wildman–Crippen MR) is 62.5 cm³/mol. The molecule has 0 saturated heterocycles. The third kappa shape index (κ3) is 4.56. The zero-order valence-corrected chi connectivity index (χ0v) is 10.2. The van der Waals surface area contributed by atoms with Crippen molar-refractivity contribution in [2.75, 3.05) is 6.61 Å². The maximum atomic E-state index is 11.4. The van der Waals surface area contributed by atoms with E-state index < -0.39 is 11.6 Å². The van der Waals surface area contributed by atoms with E-state index in [1.807, 2.05) is 6.07 Å². The van der Waals surface area contributed by atoms with Gasteiger partial charge < -0.3 is 9.47 Å². The minimum absolute atomic E-state index is 0.198. The molecular formula is C13H15NO3. The topological polar surface area (TPSA) is 59.3 Å². The summed E-state index contributed by atoms with van der Waals surface area (Å²) in [5.41, 5.74) is -0.133. The van der Waals surface area contributed by atoms with E-state index in [2.05, 4.69) is 0 Å². The molecule has 0 aromatic heterocycles. The lowest BCUT2D eigenvalue weighted by atomic mass is 10.2. The Hall–Kier alpha value is -2.02. The van der Waals surface area contributed by atoms with Gasteiger partial charge in [-0.05, 0) is 32.9 Å². The average molecular weight is 233 g/mol. The molecular weight excluding hydrogens is 218 g/mol. The average Bonchev–Trinajstić information content (AvgIpc) is 2.24. The van der Waals surface area contributed by atoms with Crippen LogP contribution in [0.25, 0.3) is 0 Å². The first-order chi connectivity index (χ1) is 7.92. The SMILES string of the molecule is CC(C)(C)OC(=O)COc1ccccc1C#N. The van der Waals surface area contributed by atoms with Crippen LogP contribution in [-0.2, 0) is 9.53 Å². The van der Waals surface area contributed by atoms with Crippen LogP contribution in [0.1, 0.15) is 26.3 Å². The fraction of sp³-hybridized carbons (Fsp3) is 0.385. The van der Waals surface area contributed by atoms with Crippen LogP contribution in [0.4, 0.5) is 0 Å². The number of para-hydroxylation sites is 1. The van der Waals surface area contributed by atoms with Crippen molar-refractivity contribution in [3.63, 3.8) is 0 Å². The van der Waals surface area contributed by atoms with Gasteiger partial charge in [0.25, 0.3) is 0 Å². The van der Waals surface area contributed by atoms with Gasteiger partial charge in [0.05, 0.1) is 5.56 Å². The van der Waals surface area contributed by atoms with Gasteiger partial charge in [-0.1, -0.05) is 12.1 Å². The van der Waals surface area contributed by atoms with Gasteiger partial charge in [-0.15, -0.1) is 0 Å². The number of esters is 1. The predicted octanol–water partition coefficient (Wildman–Crippen LogP) is 2.28. The maximum absolute atomic E-state index is 11.4. The molecule has 0 unspecified atom stereocenters. The summed E-state index contributed by atoms with van der Waals surface area (Å²) in [6.45, 7) is 5.16. The van der Waals surface area contributed by atoms with Crippen LogP contribution in [0.5, 0.6) is 5.75 Å². The molecule has 0 bridgehead atoms. The lowest BCUT2D eigenvalue weighted by Gasteiger charge is -2.19. The Labute approximate surface area is 101 Å². The second kappa shape index (κ2) is 5.35. The molecule has 0 fully saturated rings. The van der Waals surface area contributed by atoms with E-state index in [9.17, 15) is 4.79 Å². The van der Waals surface area contributed by atoms with E-state index in [1.165, 1.54) is 0 Å². The third-order valence-electron chi connectivity index (χ3n) is 1.77. The van der Waals surface area contributed by atoms with Crippen molar-refractivity contribution in [3.05, 3.63) is 29.8 Å². The summed E-state index contributed by atoms with van der Waals surface area (Å²) in [4.78, 5) is 11.4. The molecule has 4 heteroatoms. The van der Waals surface area contributed by atoms with Gasteiger partial charge in [0.15, 0.2) is 6.61 Å². The molecule has 0 spiro atoms. The molecule has 0 radical (unpaired) electrons. The first-order valence-electron chi connectivity index (χ1n) is 5.26. The van der Waals surface area contributed by atoms with Crippen molar-refractivity contribution >= 4 is 5.97 Å². The highest BCUT2D eigenvalue weighted by atomic mass is 16.6.